The first-order chi connectivity index (χ1) is 9.02. The maximum Gasteiger partial charge on any atom is 0.127 e. The molecule has 19 heavy (non-hydrogen) atoms. The van der Waals surface area contributed by atoms with Crippen molar-refractivity contribution >= 4 is 0 Å². The van der Waals surface area contributed by atoms with Gasteiger partial charge >= 0.3 is 0 Å². The van der Waals surface area contributed by atoms with E-state index in [1.807, 2.05) is 12.1 Å². The molecule has 0 aromatic heterocycles. The molecule has 1 rings (SSSR count). The minimum absolute atomic E-state index is 0.710. The average Bonchev–Trinajstić information content (AvgIpc) is 2.42. The maximum atomic E-state index is 5.18. The van der Waals surface area contributed by atoms with Gasteiger partial charge in [-0.05, 0) is 31.0 Å². The lowest BCUT2D eigenvalue weighted by Gasteiger charge is -2.22. The van der Waals surface area contributed by atoms with Crippen molar-refractivity contribution in [1.29, 1.82) is 0 Å². The first-order valence-electron chi connectivity index (χ1n) is 7.27. The molecule has 0 aliphatic rings. The summed E-state index contributed by atoms with van der Waals surface area (Å²) in [6, 6.07) is 9.15. The highest BCUT2D eigenvalue weighted by Crippen LogP contribution is 2.12. The molecule has 0 saturated carbocycles. The van der Waals surface area contributed by atoms with Crippen LogP contribution in [0.15, 0.2) is 24.3 Å². The number of methoxy groups -OCH3 is 1. The fourth-order valence-electron chi connectivity index (χ4n) is 2.12. The third kappa shape index (κ3) is 6.08. The summed E-state index contributed by atoms with van der Waals surface area (Å²) in [5.41, 5.74) is 1.40. The number of ether oxygens (including phenoxy) is 1. The van der Waals surface area contributed by atoms with Crippen molar-refractivity contribution < 1.29 is 14.5 Å². The normalized spacial score (nSPS) is 14.4. The van der Waals surface area contributed by atoms with E-state index in [9.17, 15) is 0 Å². The molecule has 2 atom stereocenters. The molecule has 0 spiro atoms. The fraction of sp³-hybridized carbons (Fsp3) is 0.625. The van der Waals surface area contributed by atoms with Gasteiger partial charge in [0.2, 0.25) is 0 Å². The van der Waals surface area contributed by atoms with Gasteiger partial charge < -0.3 is 14.5 Å². The van der Waals surface area contributed by atoms with Gasteiger partial charge in [-0.1, -0.05) is 12.1 Å². The van der Waals surface area contributed by atoms with Crippen molar-refractivity contribution in [3.63, 3.8) is 0 Å². The van der Waals surface area contributed by atoms with Crippen molar-refractivity contribution in [3.8, 4) is 5.75 Å². The number of quaternary nitrogens is 2. The molecule has 0 fully saturated rings. The summed E-state index contributed by atoms with van der Waals surface area (Å²) in [5, 5.41) is 0. The van der Waals surface area contributed by atoms with Gasteiger partial charge in [0.1, 0.15) is 18.8 Å². The summed E-state index contributed by atoms with van der Waals surface area (Å²) in [4.78, 5) is 3.16. The van der Waals surface area contributed by atoms with Crippen molar-refractivity contribution in [3.05, 3.63) is 29.8 Å². The lowest BCUT2D eigenvalue weighted by Crippen LogP contribution is -3.18. The van der Waals surface area contributed by atoms with Crippen LogP contribution >= 0.6 is 0 Å². The predicted molar refractivity (Wildman–Crippen MR) is 80.2 cm³/mol. The summed E-state index contributed by atoms with van der Waals surface area (Å²) >= 11 is 0. The summed E-state index contributed by atoms with van der Waals surface area (Å²) in [7, 11) is 8.45. The third-order valence-corrected chi connectivity index (χ3v) is 3.89. The quantitative estimate of drug-likeness (QED) is 0.660. The molecule has 0 aliphatic heterocycles. The van der Waals surface area contributed by atoms with Crippen LogP contribution in [0.5, 0.6) is 5.75 Å². The molecule has 0 aliphatic carbocycles. The largest absolute Gasteiger partial charge is 0.497 e. The van der Waals surface area contributed by atoms with Gasteiger partial charge in [-0.3, -0.25) is 0 Å². The molecule has 3 heteroatoms. The van der Waals surface area contributed by atoms with Gasteiger partial charge in [-0.2, -0.15) is 0 Å². The van der Waals surface area contributed by atoms with Crippen LogP contribution in [0.4, 0.5) is 0 Å². The Balaban J connectivity index is 2.33. The average molecular weight is 266 g/mol. The van der Waals surface area contributed by atoms with E-state index < -0.39 is 0 Å². The molecule has 2 N–H and O–H groups in total. The first-order valence-corrected chi connectivity index (χ1v) is 7.27. The SMILES string of the molecule is COc1ccc(CC[C@@H](C)[NH+](C)CC[NH+](C)C)cc1. The molecular weight excluding hydrogens is 236 g/mol. The number of benzene rings is 1. The standard InChI is InChI=1S/C16H28N2O/c1-14(18(4)13-12-17(2)3)6-7-15-8-10-16(19-5)11-9-15/h8-11,14H,6-7,12-13H2,1-5H3/p+2/t14-/m1/s1. The fourth-order valence-corrected chi connectivity index (χ4v) is 2.12. The van der Waals surface area contributed by atoms with E-state index in [0.717, 1.165) is 12.2 Å². The zero-order valence-corrected chi connectivity index (χ0v) is 13.1. The second-order valence-corrected chi connectivity index (χ2v) is 5.84. The molecule has 0 heterocycles. The topological polar surface area (TPSA) is 18.1 Å². The van der Waals surface area contributed by atoms with Crippen LogP contribution in [-0.2, 0) is 6.42 Å². The molecule has 1 unspecified atom stereocenters. The molecular formula is C16H30N2O+2. The van der Waals surface area contributed by atoms with E-state index in [1.165, 1.54) is 30.0 Å². The molecule has 1 aromatic carbocycles. The number of hydrogen-bond acceptors (Lipinski definition) is 1. The number of hydrogen-bond donors (Lipinski definition) is 2. The lowest BCUT2D eigenvalue weighted by atomic mass is 10.1. The Morgan fingerprint density at radius 2 is 1.68 bits per heavy atom. The predicted octanol–water partition coefficient (Wildman–Crippen LogP) is -0.324. The van der Waals surface area contributed by atoms with Gasteiger partial charge in [-0.25, -0.2) is 0 Å². The Kier molecular flexibility index (Phi) is 6.89. The van der Waals surface area contributed by atoms with Crippen LogP contribution in [0, 0.1) is 0 Å². The van der Waals surface area contributed by atoms with Gasteiger partial charge in [0.15, 0.2) is 0 Å². The van der Waals surface area contributed by atoms with E-state index in [2.05, 4.69) is 40.2 Å². The van der Waals surface area contributed by atoms with E-state index in [-0.39, 0.29) is 0 Å². The van der Waals surface area contributed by atoms with Crippen LogP contribution in [0.1, 0.15) is 18.9 Å². The van der Waals surface area contributed by atoms with Crippen LogP contribution in [0.25, 0.3) is 0 Å². The number of likely N-dealkylation sites (N-methyl/N-ethyl adjacent to an activating group) is 2. The van der Waals surface area contributed by atoms with E-state index in [1.54, 1.807) is 12.0 Å². The summed E-state index contributed by atoms with van der Waals surface area (Å²) in [5.74, 6) is 0.938. The van der Waals surface area contributed by atoms with Crippen molar-refractivity contribution in [2.24, 2.45) is 0 Å². The van der Waals surface area contributed by atoms with Gasteiger partial charge in [0.25, 0.3) is 0 Å². The van der Waals surface area contributed by atoms with Gasteiger partial charge in [0, 0.05) is 6.42 Å². The van der Waals surface area contributed by atoms with E-state index in [4.69, 9.17) is 4.74 Å². The third-order valence-electron chi connectivity index (χ3n) is 3.89. The van der Waals surface area contributed by atoms with Crippen LogP contribution in [0.2, 0.25) is 0 Å². The molecule has 0 saturated heterocycles. The van der Waals surface area contributed by atoms with Crippen molar-refractivity contribution in [2.45, 2.75) is 25.8 Å². The number of nitrogens with one attached hydrogen (secondary N) is 2. The van der Waals surface area contributed by atoms with Crippen LogP contribution in [-0.4, -0.2) is 47.4 Å². The summed E-state index contributed by atoms with van der Waals surface area (Å²) < 4.78 is 5.18. The second-order valence-electron chi connectivity index (χ2n) is 5.84. The molecule has 3 nitrogen and oxygen atoms in total. The zero-order valence-electron chi connectivity index (χ0n) is 13.1. The lowest BCUT2D eigenvalue weighted by molar-refractivity contribution is -0.944. The van der Waals surface area contributed by atoms with Gasteiger partial charge in [-0.15, -0.1) is 0 Å². The Hall–Kier alpha value is -1.06. The molecule has 108 valence electrons. The smallest absolute Gasteiger partial charge is 0.127 e. The van der Waals surface area contributed by atoms with Crippen molar-refractivity contribution in [2.75, 3.05) is 41.3 Å². The molecule has 0 radical (unpaired) electrons. The van der Waals surface area contributed by atoms with Crippen LogP contribution < -0.4 is 14.5 Å². The first kappa shape index (κ1) is 16.0. The maximum absolute atomic E-state index is 5.18. The zero-order chi connectivity index (χ0) is 14.3. The second kappa shape index (κ2) is 8.18. The van der Waals surface area contributed by atoms with E-state index in [0.29, 0.717) is 6.04 Å². The molecule has 0 bridgehead atoms. The van der Waals surface area contributed by atoms with Crippen molar-refractivity contribution in [1.82, 2.24) is 0 Å². The van der Waals surface area contributed by atoms with Crippen LogP contribution in [0.3, 0.4) is 0 Å². The Labute approximate surface area is 118 Å². The Bertz CT molecular complexity index is 348. The molecule has 0 amide bonds. The minimum atomic E-state index is 0.710. The Morgan fingerprint density at radius 1 is 1.05 bits per heavy atom. The highest BCUT2D eigenvalue weighted by molar-refractivity contribution is 5.27. The number of rotatable bonds is 8. The minimum Gasteiger partial charge on any atom is -0.497 e. The summed E-state index contributed by atoms with van der Waals surface area (Å²) in [6.07, 6.45) is 2.39. The highest BCUT2D eigenvalue weighted by Gasteiger charge is 2.13. The monoisotopic (exact) mass is 266 g/mol. The highest BCUT2D eigenvalue weighted by atomic mass is 16.5. The van der Waals surface area contributed by atoms with E-state index >= 15 is 0 Å². The summed E-state index contributed by atoms with van der Waals surface area (Å²) in [6.45, 7) is 4.83. The number of aryl methyl sites for hydroxylation is 1. The Morgan fingerprint density at radius 3 is 2.21 bits per heavy atom. The molecule has 1 aromatic rings. The van der Waals surface area contributed by atoms with Gasteiger partial charge in [0.05, 0.1) is 34.3 Å².